The van der Waals surface area contributed by atoms with Gasteiger partial charge in [0, 0.05) is 10.4 Å². The molecule has 2 N–H and O–H groups in total. The number of nitrogens with one attached hydrogen (secondary N) is 1. The van der Waals surface area contributed by atoms with Gasteiger partial charge < -0.3 is 15.2 Å². The molecule has 136 valence electrons. The zero-order valence-corrected chi connectivity index (χ0v) is 15.4. The number of carbonyl (C=O) groups is 2. The van der Waals surface area contributed by atoms with Crippen molar-refractivity contribution in [3.05, 3.63) is 34.7 Å². The summed E-state index contributed by atoms with van der Waals surface area (Å²) in [5.74, 6) is -2.70. The van der Waals surface area contributed by atoms with Gasteiger partial charge in [0.25, 0.3) is 0 Å². The van der Waals surface area contributed by atoms with Crippen LogP contribution in [0, 0.1) is 25.7 Å². The number of thiazole rings is 1. The number of ether oxygens (including phenoxy) is 1. The Kier molecular flexibility index (Phi) is 4.28. The Labute approximate surface area is 155 Å². The highest BCUT2D eigenvalue weighted by atomic mass is 32.1. The molecule has 2 bridgehead atoms. The number of rotatable bonds is 4. The van der Waals surface area contributed by atoms with Crippen molar-refractivity contribution in [2.75, 3.05) is 5.32 Å². The van der Waals surface area contributed by atoms with E-state index in [1.165, 1.54) is 16.9 Å². The molecule has 2 aliphatic heterocycles. The van der Waals surface area contributed by atoms with Gasteiger partial charge in [0.05, 0.1) is 29.7 Å². The number of hydrogen-bond donors (Lipinski definition) is 2. The molecule has 0 aliphatic carbocycles. The minimum absolute atomic E-state index is 0.307. The van der Waals surface area contributed by atoms with E-state index in [9.17, 15) is 14.7 Å². The summed E-state index contributed by atoms with van der Waals surface area (Å²) in [6.07, 6.45) is 0.783. The van der Waals surface area contributed by atoms with Crippen molar-refractivity contribution in [2.24, 2.45) is 11.8 Å². The Morgan fingerprint density at radius 2 is 1.81 bits per heavy atom. The quantitative estimate of drug-likeness (QED) is 0.860. The van der Waals surface area contributed by atoms with E-state index in [1.54, 1.807) is 0 Å². The van der Waals surface area contributed by atoms with Crippen molar-refractivity contribution in [3.63, 3.8) is 0 Å². The summed E-state index contributed by atoms with van der Waals surface area (Å²) in [7, 11) is 0. The van der Waals surface area contributed by atoms with E-state index in [1.807, 2.05) is 38.1 Å². The molecule has 0 saturated carbocycles. The Morgan fingerprint density at radius 1 is 1.15 bits per heavy atom. The van der Waals surface area contributed by atoms with E-state index in [0.29, 0.717) is 11.6 Å². The van der Waals surface area contributed by atoms with Crippen LogP contribution in [0.3, 0.4) is 0 Å². The first-order chi connectivity index (χ1) is 12.4. The highest BCUT2D eigenvalue weighted by Gasteiger charge is 2.55. The van der Waals surface area contributed by atoms with Gasteiger partial charge in [-0.15, -0.1) is 11.3 Å². The fourth-order valence-electron chi connectivity index (χ4n) is 3.94. The molecule has 7 heteroatoms. The van der Waals surface area contributed by atoms with Crippen molar-refractivity contribution in [1.82, 2.24) is 4.98 Å². The van der Waals surface area contributed by atoms with Gasteiger partial charge in [-0.3, -0.25) is 9.59 Å². The molecule has 0 radical (unpaired) electrons. The van der Waals surface area contributed by atoms with Crippen molar-refractivity contribution >= 4 is 28.3 Å². The molecule has 2 aliphatic rings. The minimum atomic E-state index is -0.965. The highest BCUT2D eigenvalue weighted by Crippen LogP contribution is 2.44. The molecule has 2 aromatic rings. The van der Waals surface area contributed by atoms with Crippen LogP contribution in [0.2, 0.25) is 0 Å². The predicted octanol–water partition coefficient (Wildman–Crippen LogP) is 3.24. The molecule has 0 unspecified atom stereocenters. The van der Waals surface area contributed by atoms with E-state index in [0.717, 1.165) is 22.6 Å². The third-order valence-electron chi connectivity index (χ3n) is 5.21. The largest absolute Gasteiger partial charge is 0.481 e. The number of aromatic nitrogens is 1. The summed E-state index contributed by atoms with van der Waals surface area (Å²) in [4.78, 5) is 29.8. The first kappa shape index (κ1) is 17.2. The topological polar surface area (TPSA) is 88.5 Å². The normalized spacial score (nSPS) is 26.8. The Morgan fingerprint density at radius 3 is 2.46 bits per heavy atom. The van der Waals surface area contributed by atoms with E-state index >= 15 is 0 Å². The van der Waals surface area contributed by atoms with E-state index in [2.05, 4.69) is 10.3 Å². The van der Waals surface area contributed by atoms with Crippen LogP contribution in [-0.4, -0.2) is 34.2 Å². The molecule has 4 rings (SSSR count). The van der Waals surface area contributed by atoms with Crippen LogP contribution in [0.1, 0.15) is 23.3 Å². The molecule has 1 aromatic heterocycles. The van der Waals surface area contributed by atoms with E-state index in [-0.39, 0.29) is 18.1 Å². The number of anilines is 1. The lowest BCUT2D eigenvalue weighted by molar-refractivity contribution is -0.147. The van der Waals surface area contributed by atoms with Crippen LogP contribution in [0.25, 0.3) is 11.3 Å². The number of aliphatic carboxylic acids is 1. The maximum Gasteiger partial charge on any atom is 0.310 e. The van der Waals surface area contributed by atoms with Crippen LogP contribution in [0.5, 0.6) is 0 Å². The summed E-state index contributed by atoms with van der Waals surface area (Å²) in [5, 5.41) is 12.8. The van der Waals surface area contributed by atoms with Crippen molar-refractivity contribution in [2.45, 2.75) is 38.9 Å². The smallest absolute Gasteiger partial charge is 0.310 e. The van der Waals surface area contributed by atoms with Crippen LogP contribution < -0.4 is 5.32 Å². The van der Waals surface area contributed by atoms with Gasteiger partial charge in [0.2, 0.25) is 5.91 Å². The second kappa shape index (κ2) is 6.48. The lowest BCUT2D eigenvalue weighted by Gasteiger charge is -2.23. The van der Waals surface area contributed by atoms with Gasteiger partial charge in [0.1, 0.15) is 0 Å². The van der Waals surface area contributed by atoms with Crippen LogP contribution in [-0.2, 0) is 14.3 Å². The standard InChI is InChI=1S/C19H20N2O4S/c1-9-3-5-11(6-4-9)16-10(2)26-19(20-16)21-17(22)14-12-7-8-13(25-12)15(14)18(23)24/h3-6,12-15H,7-8H2,1-2H3,(H,23,24)(H,20,21,22)/t12-,13-,14-,15-/m0/s1. The van der Waals surface area contributed by atoms with Gasteiger partial charge in [0.15, 0.2) is 5.13 Å². The molecular formula is C19H20N2O4S. The Balaban J connectivity index is 1.54. The average Bonchev–Trinajstić information content (AvgIpc) is 3.29. The molecule has 26 heavy (non-hydrogen) atoms. The zero-order chi connectivity index (χ0) is 18.4. The number of carboxylic acid groups (broad SMARTS) is 1. The number of benzene rings is 1. The molecule has 4 atom stereocenters. The average molecular weight is 372 g/mol. The number of nitrogens with zero attached hydrogens (tertiary/aromatic N) is 1. The second-order valence-corrected chi connectivity index (χ2v) is 8.16. The number of carbonyl (C=O) groups excluding carboxylic acids is 1. The number of aryl methyl sites for hydroxylation is 2. The number of hydrogen-bond acceptors (Lipinski definition) is 5. The van der Waals surface area contributed by atoms with Crippen molar-refractivity contribution < 1.29 is 19.4 Å². The zero-order valence-electron chi connectivity index (χ0n) is 14.6. The molecular weight excluding hydrogens is 352 g/mol. The number of carboxylic acids is 1. The lowest BCUT2D eigenvalue weighted by atomic mass is 9.79. The van der Waals surface area contributed by atoms with Gasteiger partial charge in [-0.05, 0) is 26.7 Å². The molecule has 2 fully saturated rings. The van der Waals surface area contributed by atoms with Crippen LogP contribution >= 0.6 is 11.3 Å². The molecule has 1 aromatic carbocycles. The third kappa shape index (κ3) is 2.91. The van der Waals surface area contributed by atoms with Gasteiger partial charge in [-0.2, -0.15) is 0 Å². The third-order valence-corrected chi connectivity index (χ3v) is 6.10. The van der Waals surface area contributed by atoms with E-state index in [4.69, 9.17) is 4.74 Å². The molecule has 0 spiro atoms. The Hall–Kier alpha value is -2.25. The molecule has 6 nitrogen and oxygen atoms in total. The minimum Gasteiger partial charge on any atom is -0.481 e. The fraction of sp³-hybridized carbons (Fsp3) is 0.421. The maximum absolute atomic E-state index is 12.7. The summed E-state index contributed by atoms with van der Waals surface area (Å²) in [5.41, 5.74) is 3.01. The van der Waals surface area contributed by atoms with Crippen LogP contribution in [0.4, 0.5) is 5.13 Å². The number of fused-ring (bicyclic) bond motifs is 2. The van der Waals surface area contributed by atoms with Crippen molar-refractivity contribution in [1.29, 1.82) is 0 Å². The summed E-state index contributed by atoms with van der Waals surface area (Å²) in [6.45, 7) is 3.99. The SMILES string of the molecule is Cc1ccc(-c2nc(NC(=O)[C@@H]3[C@@H](C(=O)O)[C@@H]4CC[C@@H]3O4)sc2C)cc1. The molecule has 2 saturated heterocycles. The maximum atomic E-state index is 12.7. The van der Waals surface area contributed by atoms with E-state index < -0.39 is 17.8 Å². The Bertz CT molecular complexity index is 861. The fourth-order valence-corrected chi connectivity index (χ4v) is 4.78. The van der Waals surface area contributed by atoms with Gasteiger partial charge in [-0.25, -0.2) is 4.98 Å². The molecule has 3 heterocycles. The first-order valence-electron chi connectivity index (χ1n) is 8.67. The summed E-state index contributed by atoms with van der Waals surface area (Å²) >= 11 is 1.40. The second-order valence-electron chi connectivity index (χ2n) is 6.96. The monoisotopic (exact) mass is 372 g/mol. The predicted molar refractivity (Wildman–Crippen MR) is 98.2 cm³/mol. The number of amides is 1. The highest BCUT2D eigenvalue weighted by molar-refractivity contribution is 7.16. The summed E-state index contributed by atoms with van der Waals surface area (Å²) in [6, 6.07) is 8.06. The van der Waals surface area contributed by atoms with Crippen molar-refractivity contribution in [3.8, 4) is 11.3 Å². The first-order valence-corrected chi connectivity index (χ1v) is 9.49. The van der Waals surface area contributed by atoms with Crippen LogP contribution in [0.15, 0.2) is 24.3 Å². The summed E-state index contributed by atoms with van der Waals surface area (Å²) < 4.78 is 5.67. The van der Waals surface area contributed by atoms with Gasteiger partial charge >= 0.3 is 5.97 Å². The lowest BCUT2D eigenvalue weighted by Crippen LogP contribution is -2.40. The molecule has 1 amide bonds. The van der Waals surface area contributed by atoms with Gasteiger partial charge in [-0.1, -0.05) is 29.8 Å².